The van der Waals surface area contributed by atoms with Crippen molar-refractivity contribution in [3.63, 3.8) is 0 Å². The summed E-state index contributed by atoms with van der Waals surface area (Å²) in [7, 11) is 0. The average molecular weight is 561 g/mol. The van der Waals surface area contributed by atoms with Crippen molar-refractivity contribution in [1.29, 1.82) is 0 Å². The van der Waals surface area contributed by atoms with Gasteiger partial charge in [-0.1, -0.05) is 41.8 Å². The van der Waals surface area contributed by atoms with E-state index in [4.69, 9.17) is 23.2 Å². The minimum Gasteiger partial charge on any atom is -0.341 e. The largest absolute Gasteiger partial charge is 0.341 e. The summed E-state index contributed by atoms with van der Waals surface area (Å²) < 4.78 is 14.2. The Morgan fingerprint density at radius 2 is 1.58 bits per heavy atom. The molecule has 0 radical (unpaired) electrons. The van der Waals surface area contributed by atoms with Crippen LogP contribution in [0.2, 0.25) is 10.0 Å². The van der Waals surface area contributed by atoms with Crippen molar-refractivity contribution in [1.82, 2.24) is 14.7 Å². The fourth-order valence-electron chi connectivity index (χ4n) is 6.59. The van der Waals surface area contributed by atoms with E-state index in [9.17, 15) is 9.18 Å². The van der Waals surface area contributed by atoms with Gasteiger partial charge in [-0.05, 0) is 124 Å². The van der Waals surface area contributed by atoms with Crippen molar-refractivity contribution in [2.24, 2.45) is 0 Å². The molecular formula is C31H40Cl2FN3O. The SMILES string of the molecule is O=C([C@@H](Cc1ccc(Cl)cc1Cl)N1CCCCC1)N1CCC(c2ccc(F)cc2CCN2CCCC2)CC1. The van der Waals surface area contributed by atoms with Crippen molar-refractivity contribution in [2.45, 2.75) is 69.7 Å². The molecule has 0 aromatic heterocycles. The summed E-state index contributed by atoms with van der Waals surface area (Å²) in [6, 6.07) is 10.7. The Morgan fingerprint density at radius 1 is 0.868 bits per heavy atom. The predicted molar refractivity (Wildman–Crippen MR) is 154 cm³/mol. The van der Waals surface area contributed by atoms with Crippen LogP contribution in [0.5, 0.6) is 0 Å². The van der Waals surface area contributed by atoms with Crippen LogP contribution in [0.4, 0.5) is 4.39 Å². The fraction of sp³-hybridized carbons (Fsp3) is 0.581. The third-order valence-corrected chi connectivity index (χ3v) is 9.38. The predicted octanol–water partition coefficient (Wildman–Crippen LogP) is 6.57. The third-order valence-electron chi connectivity index (χ3n) is 8.79. The standard InChI is InChI=1S/C31H40Cl2FN3O/c32-26-7-6-25(29(33)22-26)21-30(36-15-2-1-3-16-36)31(38)37-18-11-23(12-19-37)28-9-8-27(34)20-24(28)10-17-35-13-4-5-14-35/h6-9,20,22-23,30H,1-5,10-19,21H2/t30-/m1/s1. The lowest BCUT2D eigenvalue weighted by molar-refractivity contribution is -0.138. The number of halogens is 3. The molecule has 0 N–H and O–H groups in total. The number of carbonyl (C=O) groups excluding carboxylic acids is 1. The van der Waals surface area contributed by atoms with E-state index in [2.05, 4.69) is 14.7 Å². The van der Waals surface area contributed by atoms with E-state index in [-0.39, 0.29) is 17.8 Å². The van der Waals surface area contributed by atoms with Crippen LogP contribution in [0.15, 0.2) is 36.4 Å². The zero-order valence-electron chi connectivity index (χ0n) is 22.3. The van der Waals surface area contributed by atoms with E-state index < -0.39 is 0 Å². The van der Waals surface area contributed by atoms with Gasteiger partial charge < -0.3 is 9.80 Å². The molecule has 4 nitrogen and oxygen atoms in total. The zero-order chi connectivity index (χ0) is 26.5. The maximum absolute atomic E-state index is 14.2. The lowest BCUT2D eigenvalue weighted by atomic mass is 9.85. The van der Waals surface area contributed by atoms with Crippen LogP contribution in [0.25, 0.3) is 0 Å². The molecule has 0 bridgehead atoms. The van der Waals surface area contributed by atoms with Crippen molar-refractivity contribution >= 4 is 29.1 Å². The molecule has 3 heterocycles. The monoisotopic (exact) mass is 559 g/mol. The second-order valence-corrected chi connectivity index (χ2v) is 12.1. The van der Waals surface area contributed by atoms with Crippen molar-refractivity contribution in [2.75, 3.05) is 45.8 Å². The Kier molecular flexibility index (Phi) is 9.64. The second-order valence-electron chi connectivity index (χ2n) is 11.3. The van der Waals surface area contributed by atoms with E-state index in [0.717, 1.165) is 89.0 Å². The first-order valence-corrected chi connectivity index (χ1v) is 15.2. The fourth-order valence-corrected chi connectivity index (χ4v) is 7.08. The number of benzene rings is 2. The summed E-state index contributed by atoms with van der Waals surface area (Å²) >= 11 is 12.7. The van der Waals surface area contributed by atoms with Crippen LogP contribution in [-0.2, 0) is 17.6 Å². The Balaban J connectivity index is 1.25. The van der Waals surface area contributed by atoms with Gasteiger partial charge in [0.25, 0.3) is 0 Å². The van der Waals surface area contributed by atoms with Gasteiger partial charge >= 0.3 is 0 Å². The highest BCUT2D eigenvalue weighted by Crippen LogP contribution is 2.33. The van der Waals surface area contributed by atoms with Crippen LogP contribution in [0, 0.1) is 5.82 Å². The molecular weight excluding hydrogens is 520 g/mol. The molecule has 7 heteroatoms. The molecule has 3 saturated heterocycles. The first-order chi connectivity index (χ1) is 18.5. The highest BCUT2D eigenvalue weighted by Gasteiger charge is 2.34. The normalized spacial score (nSPS) is 20.7. The minimum atomic E-state index is -0.202. The summed E-state index contributed by atoms with van der Waals surface area (Å²) in [5.74, 6) is 0.431. The molecule has 2 aromatic carbocycles. The van der Waals surface area contributed by atoms with Gasteiger partial charge in [-0.2, -0.15) is 0 Å². The number of hydrogen-bond acceptors (Lipinski definition) is 3. The van der Waals surface area contributed by atoms with Crippen molar-refractivity contribution in [3.8, 4) is 0 Å². The van der Waals surface area contributed by atoms with Gasteiger partial charge in [0.15, 0.2) is 0 Å². The van der Waals surface area contributed by atoms with Gasteiger partial charge in [0.1, 0.15) is 5.82 Å². The van der Waals surface area contributed by atoms with Crippen molar-refractivity contribution < 1.29 is 9.18 Å². The molecule has 3 fully saturated rings. The summed E-state index contributed by atoms with van der Waals surface area (Å²) in [4.78, 5) is 20.9. The smallest absolute Gasteiger partial charge is 0.240 e. The first-order valence-electron chi connectivity index (χ1n) is 14.5. The molecule has 3 aliphatic rings. The maximum Gasteiger partial charge on any atom is 0.240 e. The van der Waals surface area contributed by atoms with Crippen LogP contribution in [-0.4, -0.2) is 72.5 Å². The van der Waals surface area contributed by atoms with E-state index in [0.29, 0.717) is 22.4 Å². The zero-order valence-corrected chi connectivity index (χ0v) is 23.8. The Morgan fingerprint density at radius 3 is 2.29 bits per heavy atom. The van der Waals surface area contributed by atoms with Crippen LogP contribution < -0.4 is 0 Å². The molecule has 1 atom stereocenters. The molecule has 0 aliphatic carbocycles. The highest BCUT2D eigenvalue weighted by molar-refractivity contribution is 6.35. The second kappa shape index (κ2) is 13.1. The molecule has 1 amide bonds. The summed E-state index contributed by atoms with van der Waals surface area (Å²) in [6.45, 7) is 6.70. The molecule has 3 aliphatic heterocycles. The summed E-state index contributed by atoms with van der Waals surface area (Å²) in [6.07, 6.45) is 9.36. The van der Waals surface area contributed by atoms with Crippen LogP contribution >= 0.6 is 23.2 Å². The van der Waals surface area contributed by atoms with Gasteiger partial charge in [-0.25, -0.2) is 4.39 Å². The van der Waals surface area contributed by atoms with Crippen molar-refractivity contribution in [3.05, 3.63) is 69.0 Å². The number of nitrogens with zero attached hydrogens (tertiary/aromatic N) is 3. The lowest BCUT2D eigenvalue weighted by Gasteiger charge is -2.39. The van der Waals surface area contributed by atoms with E-state index in [1.165, 1.54) is 24.8 Å². The number of rotatable bonds is 8. The first kappa shape index (κ1) is 27.9. The number of piperidine rings is 2. The molecule has 0 saturated carbocycles. The average Bonchev–Trinajstić information content (AvgIpc) is 3.46. The minimum absolute atomic E-state index is 0.150. The molecule has 0 unspecified atom stereocenters. The molecule has 0 spiro atoms. The maximum atomic E-state index is 14.2. The number of hydrogen-bond donors (Lipinski definition) is 0. The number of carbonyl (C=O) groups is 1. The molecule has 206 valence electrons. The molecule has 38 heavy (non-hydrogen) atoms. The molecule has 5 rings (SSSR count). The Hall–Kier alpha value is -1.66. The number of amides is 1. The van der Waals surface area contributed by atoms with E-state index in [1.54, 1.807) is 18.2 Å². The van der Waals surface area contributed by atoms with E-state index in [1.807, 2.05) is 18.2 Å². The topological polar surface area (TPSA) is 26.8 Å². The van der Waals surface area contributed by atoms with Gasteiger partial charge in [-0.3, -0.25) is 9.69 Å². The van der Waals surface area contributed by atoms with E-state index >= 15 is 0 Å². The summed E-state index contributed by atoms with van der Waals surface area (Å²) in [5, 5.41) is 1.24. The van der Waals surface area contributed by atoms with Crippen LogP contribution in [0.3, 0.4) is 0 Å². The Bertz CT molecular complexity index is 1090. The van der Waals surface area contributed by atoms with Gasteiger partial charge in [0.2, 0.25) is 5.91 Å². The molecule has 2 aromatic rings. The number of likely N-dealkylation sites (tertiary alicyclic amines) is 3. The summed E-state index contributed by atoms with van der Waals surface area (Å²) in [5.41, 5.74) is 3.40. The third kappa shape index (κ3) is 6.91. The highest BCUT2D eigenvalue weighted by atomic mass is 35.5. The quantitative estimate of drug-likeness (QED) is 0.365. The Labute approximate surface area is 237 Å². The van der Waals surface area contributed by atoms with Gasteiger partial charge in [-0.15, -0.1) is 0 Å². The lowest BCUT2D eigenvalue weighted by Crippen LogP contribution is -2.53. The van der Waals surface area contributed by atoms with Gasteiger partial charge in [0.05, 0.1) is 6.04 Å². The van der Waals surface area contributed by atoms with Crippen LogP contribution in [0.1, 0.15) is 67.6 Å². The van der Waals surface area contributed by atoms with Gasteiger partial charge in [0, 0.05) is 29.7 Å².